The third-order valence-corrected chi connectivity index (χ3v) is 3.77. The van der Waals surface area contributed by atoms with E-state index < -0.39 is 0 Å². The molecule has 6 heteroatoms. The fourth-order valence-corrected chi connectivity index (χ4v) is 2.41. The zero-order valence-electron chi connectivity index (χ0n) is 13.0. The first kappa shape index (κ1) is 18.8. The lowest BCUT2D eigenvalue weighted by atomic mass is 9.99. The molecule has 0 aliphatic carbocycles. The SMILES string of the molecule is Cc1cc(C)c(CNC(=O)CCCl)cc1CNC(=O)CCCl. The van der Waals surface area contributed by atoms with Gasteiger partial charge < -0.3 is 10.6 Å². The third-order valence-electron chi connectivity index (χ3n) is 3.39. The van der Waals surface area contributed by atoms with Gasteiger partial charge in [-0.15, -0.1) is 23.2 Å². The minimum absolute atomic E-state index is 0.0630. The van der Waals surface area contributed by atoms with Gasteiger partial charge in [0.25, 0.3) is 0 Å². The van der Waals surface area contributed by atoms with E-state index in [1.165, 1.54) is 0 Å². The normalized spacial score (nSPS) is 10.4. The number of amides is 2. The summed E-state index contributed by atoms with van der Waals surface area (Å²) in [4.78, 5) is 23.0. The number of carbonyl (C=O) groups is 2. The Labute approximate surface area is 141 Å². The molecule has 1 aromatic rings. The summed E-state index contributed by atoms with van der Waals surface area (Å²) in [5.41, 5.74) is 4.30. The number of benzene rings is 1. The molecule has 0 aromatic heterocycles. The molecule has 2 N–H and O–H groups in total. The quantitative estimate of drug-likeness (QED) is 0.712. The van der Waals surface area contributed by atoms with Crippen molar-refractivity contribution < 1.29 is 9.59 Å². The van der Waals surface area contributed by atoms with Gasteiger partial charge in [-0.3, -0.25) is 9.59 Å². The van der Waals surface area contributed by atoms with Crippen molar-refractivity contribution >= 4 is 35.0 Å². The summed E-state index contributed by atoms with van der Waals surface area (Å²) in [6, 6.07) is 4.08. The minimum Gasteiger partial charge on any atom is -0.352 e. The van der Waals surface area contributed by atoms with Gasteiger partial charge in [-0.25, -0.2) is 0 Å². The van der Waals surface area contributed by atoms with Gasteiger partial charge >= 0.3 is 0 Å². The van der Waals surface area contributed by atoms with E-state index in [2.05, 4.69) is 16.7 Å². The van der Waals surface area contributed by atoms with Crippen molar-refractivity contribution in [1.82, 2.24) is 10.6 Å². The molecule has 0 unspecified atom stereocenters. The number of rotatable bonds is 8. The average molecular weight is 345 g/mol. The van der Waals surface area contributed by atoms with Crippen LogP contribution in [0.5, 0.6) is 0 Å². The van der Waals surface area contributed by atoms with Crippen molar-refractivity contribution in [2.45, 2.75) is 39.8 Å². The van der Waals surface area contributed by atoms with Crippen LogP contribution < -0.4 is 10.6 Å². The highest BCUT2D eigenvalue weighted by atomic mass is 35.5. The van der Waals surface area contributed by atoms with Crippen LogP contribution in [0.2, 0.25) is 0 Å². The molecule has 0 spiro atoms. The fourth-order valence-electron chi connectivity index (χ4n) is 2.07. The molecule has 0 fully saturated rings. The molecule has 0 saturated carbocycles. The molecule has 2 amide bonds. The molecule has 0 aliphatic heterocycles. The van der Waals surface area contributed by atoms with Crippen molar-refractivity contribution in [3.8, 4) is 0 Å². The van der Waals surface area contributed by atoms with E-state index in [1.807, 2.05) is 19.9 Å². The van der Waals surface area contributed by atoms with Crippen molar-refractivity contribution in [2.75, 3.05) is 11.8 Å². The van der Waals surface area contributed by atoms with Gasteiger partial charge in [-0.05, 0) is 36.1 Å². The van der Waals surface area contributed by atoms with Crippen molar-refractivity contribution in [3.63, 3.8) is 0 Å². The summed E-state index contributed by atoms with van der Waals surface area (Å²) in [6.45, 7) is 4.94. The van der Waals surface area contributed by atoms with Gasteiger partial charge in [0.15, 0.2) is 0 Å². The number of aryl methyl sites for hydroxylation is 2. The summed E-state index contributed by atoms with van der Waals surface area (Å²) in [5, 5.41) is 5.69. The number of nitrogens with one attached hydrogen (secondary N) is 2. The van der Waals surface area contributed by atoms with Gasteiger partial charge in [0.1, 0.15) is 0 Å². The van der Waals surface area contributed by atoms with Crippen molar-refractivity contribution in [3.05, 3.63) is 34.4 Å². The molecular formula is C16H22Cl2N2O2. The van der Waals surface area contributed by atoms with E-state index in [1.54, 1.807) is 0 Å². The average Bonchev–Trinajstić information content (AvgIpc) is 2.46. The van der Waals surface area contributed by atoms with Gasteiger partial charge in [0.05, 0.1) is 0 Å². The summed E-state index contributed by atoms with van der Waals surface area (Å²) in [7, 11) is 0. The van der Waals surface area contributed by atoms with E-state index >= 15 is 0 Å². The summed E-state index contributed by atoms with van der Waals surface area (Å²) in [5.74, 6) is 0.506. The molecule has 0 radical (unpaired) electrons. The first-order valence-electron chi connectivity index (χ1n) is 7.22. The van der Waals surface area contributed by atoms with E-state index in [-0.39, 0.29) is 11.8 Å². The molecule has 4 nitrogen and oxygen atoms in total. The number of alkyl halides is 2. The second-order valence-corrected chi connectivity index (χ2v) is 5.89. The molecule has 0 aliphatic rings. The van der Waals surface area contributed by atoms with Crippen molar-refractivity contribution in [2.24, 2.45) is 0 Å². The lowest BCUT2D eigenvalue weighted by Crippen LogP contribution is -2.25. The molecule has 0 bridgehead atoms. The number of hydrogen-bond donors (Lipinski definition) is 2. The first-order valence-corrected chi connectivity index (χ1v) is 8.29. The second kappa shape index (κ2) is 9.70. The Morgan fingerprint density at radius 2 is 1.27 bits per heavy atom. The monoisotopic (exact) mass is 344 g/mol. The molecule has 1 aromatic carbocycles. The van der Waals surface area contributed by atoms with Gasteiger partial charge in [0, 0.05) is 37.7 Å². The van der Waals surface area contributed by atoms with Crippen LogP contribution in [0.4, 0.5) is 0 Å². The second-order valence-electron chi connectivity index (χ2n) is 5.14. The Hall–Kier alpha value is -1.26. The summed E-state index contributed by atoms with van der Waals surface area (Å²) in [6.07, 6.45) is 0.627. The number of hydrogen-bond acceptors (Lipinski definition) is 2. The lowest BCUT2D eigenvalue weighted by molar-refractivity contribution is -0.121. The van der Waals surface area contributed by atoms with Gasteiger partial charge in [0.2, 0.25) is 11.8 Å². The van der Waals surface area contributed by atoms with Crippen LogP contribution in [-0.4, -0.2) is 23.6 Å². The van der Waals surface area contributed by atoms with Crippen LogP contribution >= 0.6 is 23.2 Å². The molecule has 0 atom stereocenters. The number of carbonyl (C=O) groups excluding carboxylic acids is 2. The highest BCUT2D eigenvalue weighted by molar-refractivity contribution is 6.19. The predicted molar refractivity (Wildman–Crippen MR) is 90.3 cm³/mol. The van der Waals surface area contributed by atoms with Crippen LogP contribution in [0.25, 0.3) is 0 Å². The first-order chi connectivity index (χ1) is 10.5. The Morgan fingerprint density at radius 3 is 1.64 bits per heavy atom. The van der Waals surface area contributed by atoms with E-state index in [9.17, 15) is 9.59 Å². The zero-order chi connectivity index (χ0) is 16.5. The van der Waals surface area contributed by atoms with Crippen LogP contribution in [-0.2, 0) is 22.7 Å². The highest BCUT2D eigenvalue weighted by Crippen LogP contribution is 2.16. The molecule has 0 heterocycles. The fraction of sp³-hybridized carbons (Fsp3) is 0.500. The van der Waals surface area contributed by atoms with Crippen LogP contribution in [0.15, 0.2) is 12.1 Å². The zero-order valence-corrected chi connectivity index (χ0v) is 14.5. The maximum absolute atomic E-state index is 11.5. The molecule has 122 valence electrons. The summed E-state index contributed by atoms with van der Waals surface area (Å²) >= 11 is 11.1. The highest BCUT2D eigenvalue weighted by Gasteiger charge is 2.08. The molecule has 0 saturated heterocycles. The predicted octanol–water partition coefficient (Wildman–Crippen LogP) is 2.79. The standard InChI is InChI=1S/C16H22Cl2N2O2/c1-11-7-12(2)14(10-20-16(22)4-6-18)8-13(11)9-19-15(21)3-5-17/h7-8H,3-6,9-10H2,1-2H3,(H,19,21)(H,20,22). The van der Waals surface area contributed by atoms with Crippen LogP contribution in [0, 0.1) is 13.8 Å². The molecular weight excluding hydrogens is 323 g/mol. The Morgan fingerprint density at radius 1 is 0.864 bits per heavy atom. The third kappa shape index (κ3) is 6.24. The maximum atomic E-state index is 11.5. The Kier molecular flexibility index (Phi) is 8.28. The topological polar surface area (TPSA) is 58.2 Å². The maximum Gasteiger partial charge on any atom is 0.221 e. The summed E-state index contributed by atoms with van der Waals surface area (Å²) < 4.78 is 0. The Bertz CT molecular complexity index is 490. The minimum atomic E-state index is -0.0630. The van der Waals surface area contributed by atoms with Crippen LogP contribution in [0.1, 0.15) is 35.1 Å². The van der Waals surface area contributed by atoms with Crippen molar-refractivity contribution in [1.29, 1.82) is 0 Å². The van der Waals surface area contributed by atoms with E-state index in [0.717, 1.165) is 22.3 Å². The molecule has 1 rings (SSSR count). The molecule has 22 heavy (non-hydrogen) atoms. The van der Waals surface area contributed by atoms with E-state index in [0.29, 0.717) is 37.7 Å². The number of halogens is 2. The van der Waals surface area contributed by atoms with Gasteiger partial charge in [-0.2, -0.15) is 0 Å². The van der Waals surface area contributed by atoms with E-state index in [4.69, 9.17) is 23.2 Å². The largest absolute Gasteiger partial charge is 0.352 e. The Balaban J connectivity index is 2.72. The van der Waals surface area contributed by atoms with Crippen LogP contribution in [0.3, 0.4) is 0 Å². The smallest absolute Gasteiger partial charge is 0.221 e. The lowest BCUT2D eigenvalue weighted by Gasteiger charge is -2.14. The van der Waals surface area contributed by atoms with Gasteiger partial charge in [-0.1, -0.05) is 12.1 Å².